The minimum atomic E-state index is -4.13. The Balaban J connectivity index is 1.15. The number of carbonyl (C=O) groups is 3. The van der Waals surface area contributed by atoms with E-state index in [4.69, 9.17) is 18.8 Å². The van der Waals surface area contributed by atoms with Crippen molar-refractivity contribution < 1.29 is 41.6 Å². The van der Waals surface area contributed by atoms with Crippen molar-refractivity contribution in [2.75, 3.05) is 12.4 Å². The molecular formula is C24H32O9S. The quantitative estimate of drug-likeness (QED) is 0.243. The molecule has 0 spiro atoms. The highest BCUT2D eigenvalue weighted by atomic mass is 32.2. The minimum absolute atomic E-state index is 0.0343. The van der Waals surface area contributed by atoms with Gasteiger partial charge in [-0.2, -0.15) is 8.42 Å². The van der Waals surface area contributed by atoms with Gasteiger partial charge in [-0.3, -0.25) is 18.9 Å². The largest absolute Gasteiger partial charge is 0.465 e. The van der Waals surface area contributed by atoms with E-state index in [0.717, 1.165) is 31.6 Å². The van der Waals surface area contributed by atoms with E-state index in [9.17, 15) is 22.8 Å². The number of rotatable bonds is 7. The molecule has 10 atom stereocenters. The summed E-state index contributed by atoms with van der Waals surface area (Å²) in [5, 5.41) is 0. The monoisotopic (exact) mass is 496 g/mol. The van der Waals surface area contributed by atoms with Crippen LogP contribution in [0.15, 0.2) is 0 Å². The van der Waals surface area contributed by atoms with Crippen molar-refractivity contribution in [3.63, 3.8) is 0 Å². The summed E-state index contributed by atoms with van der Waals surface area (Å²) >= 11 is 0. The Kier molecular flexibility index (Phi) is 5.30. The fourth-order valence-corrected chi connectivity index (χ4v) is 9.02. The van der Waals surface area contributed by atoms with Crippen LogP contribution in [0.4, 0.5) is 0 Å². The predicted octanol–water partition coefficient (Wildman–Crippen LogP) is 2.13. The molecule has 34 heavy (non-hydrogen) atoms. The highest BCUT2D eigenvalue weighted by Gasteiger charge is 2.70. The zero-order valence-corrected chi connectivity index (χ0v) is 19.9. The molecule has 5 saturated carbocycles. The molecule has 10 unspecified atom stereocenters. The van der Waals surface area contributed by atoms with E-state index in [2.05, 4.69) is 0 Å². The SMILES string of the molecule is O=C1OC2C3CC(C2OC(=O)C24CCC5CCC(CC5C2)C4)C(C(=O)OCCCS(=O)(=O)O)C13. The Labute approximate surface area is 199 Å². The van der Waals surface area contributed by atoms with Gasteiger partial charge in [-0.1, -0.05) is 6.42 Å². The first-order valence-electron chi connectivity index (χ1n) is 12.7. The van der Waals surface area contributed by atoms with E-state index in [1.165, 1.54) is 19.3 Å². The first kappa shape index (κ1) is 22.8. The van der Waals surface area contributed by atoms with Crippen LogP contribution in [-0.4, -0.2) is 55.4 Å². The molecule has 0 radical (unpaired) electrons. The maximum Gasteiger partial charge on any atom is 0.312 e. The number of carbonyl (C=O) groups excluding carboxylic acids is 3. The van der Waals surface area contributed by atoms with E-state index < -0.39 is 57.3 Å². The highest BCUT2D eigenvalue weighted by molar-refractivity contribution is 7.85. The molecule has 5 bridgehead atoms. The molecule has 10 heteroatoms. The molecule has 188 valence electrons. The van der Waals surface area contributed by atoms with Crippen LogP contribution in [0.25, 0.3) is 0 Å². The molecular weight excluding hydrogens is 464 g/mol. The third kappa shape index (κ3) is 3.58. The van der Waals surface area contributed by atoms with Crippen LogP contribution in [-0.2, 0) is 38.7 Å². The Morgan fingerprint density at radius 2 is 1.91 bits per heavy atom. The van der Waals surface area contributed by atoms with Gasteiger partial charge in [0.2, 0.25) is 0 Å². The molecule has 9 nitrogen and oxygen atoms in total. The van der Waals surface area contributed by atoms with Gasteiger partial charge < -0.3 is 14.2 Å². The summed E-state index contributed by atoms with van der Waals surface area (Å²) in [7, 11) is -4.13. The molecule has 1 N–H and O–H groups in total. The standard InChI is InChI=1S/C24H32O9S/c25-21(31-6-1-7-34(28,29)30)17-15-9-16-18(17)22(26)32-19(16)20(15)33-23(27)24-5-4-13-3-2-12(10-24)8-14(13)11-24/h12-20H,1-11H2,(H,28,29,30). The predicted molar refractivity (Wildman–Crippen MR) is 116 cm³/mol. The van der Waals surface area contributed by atoms with Crippen molar-refractivity contribution >= 4 is 28.0 Å². The molecule has 0 aromatic heterocycles. The van der Waals surface area contributed by atoms with E-state index in [-0.39, 0.29) is 30.8 Å². The van der Waals surface area contributed by atoms with E-state index in [1.54, 1.807) is 0 Å². The lowest BCUT2D eigenvalue weighted by Crippen LogP contribution is -2.51. The summed E-state index contributed by atoms with van der Waals surface area (Å²) in [6.07, 6.45) is 6.80. The number of esters is 3. The van der Waals surface area contributed by atoms with Crippen LogP contribution in [0.1, 0.15) is 57.8 Å². The molecule has 1 aliphatic heterocycles. The summed E-state index contributed by atoms with van der Waals surface area (Å²) in [4.78, 5) is 39.1. The number of hydrogen-bond donors (Lipinski definition) is 1. The van der Waals surface area contributed by atoms with E-state index in [0.29, 0.717) is 18.3 Å². The van der Waals surface area contributed by atoms with Gasteiger partial charge in [-0.05, 0) is 69.1 Å². The number of hydrogen-bond acceptors (Lipinski definition) is 8. The van der Waals surface area contributed by atoms with Gasteiger partial charge in [0, 0.05) is 11.8 Å². The molecule has 6 rings (SSSR count). The number of ether oxygens (including phenoxy) is 3. The Hall–Kier alpha value is -1.68. The van der Waals surface area contributed by atoms with Gasteiger partial charge in [0.1, 0.15) is 12.2 Å². The van der Waals surface area contributed by atoms with Crippen LogP contribution < -0.4 is 0 Å². The lowest BCUT2D eigenvalue weighted by molar-refractivity contribution is -0.185. The second-order valence-electron chi connectivity index (χ2n) is 11.6. The van der Waals surface area contributed by atoms with Crippen molar-refractivity contribution in [2.45, 2.75) is 70.0 Å². The maximum atomic E-state index is 13.6. The average Bonchev–Trinajstić information content (AvgIpc) is 3.38. The lowest BCUT2D eigenvalue weighted by atomic mass is 9.51. The Morgan fingerprint density at radius 3 is 2.71 bits per heavy atom. The summed E-state index contributed by atoms with van der Waals surface area (Å²) in [6, 6.07) is 0. The smallest absolute Gasteiger partial charge is 0.312 e. The fourth-order valence-electron chi connectivity index (χ4n) is 8.54. The fraction of sp³-hybridized carbons (Fsp3) is 0.875. The van der Waals surface area contributed by atoms with Crippen molar-refractivity contribution in [3.05, 3.63) is 0 Å². The summed E-state index contributed by atoms with van der Waals surface area (Å²) < 4.78 is 47.7. The summed E-state index contributed by atoms with van der Waals surface area (Å²) in [5.74, 6) is -1.63. The van der Waals surface area contributed by atoms with Crippen LogP contribution >= 0.6 is 0 Å². The van der Waals surface area contributed by atoms with Gasteiger partial charge in [0.15, 0.2) is 0 Å². The molecule has 0 aromatic rings. The molecule has 5 aliphatic carbocycles. The molecule has 6 aliphatic rings. The third-order valence-electron chi connectivity index (χ3n) is 9.86. The Morgan fingerprint density at radius 1 is 1.09 bits per heavy atom. The van der Waals surface area contributed by atoms with Crippen LogP contribution in [0.5, 0.6) is 0 Å². The van der Waals surface area contributed by atoms with Crippen LogP contribution in [0.3, 0.4) is 0 Å². The first-order chi connectivity index (χ1) is 16.2. The minimum Gasteiger partial charge on any atom is -0.465 e. The normalized spacial score (nSPS) is 45.8. The zero-order valence-electron chi connectivity index (χ0n) is 19.1. The highest BCUT2D eigenvalue weighted by Crippen LogP contribution is 2.61. The second-order valence-corrected chi connectivity index (χ2v) is 13.2. The first-order valence-corrected chi connectivity index (χ1v) is 14.3. The zero-order chi connectivity index (χ0) is 23.8. The summed E-state index contributed by atoms with van der Waals surface area (Å²) in [5.41, 5.74) is -0.444. The van der Waals surface area contributed by atoms with Gasteiger partial charge in [0.05, 0.1) is 29.6 Å². The van der Waals surface area contributed by atoms with Crippen molar-refractivity contribution in [1.82, 2.24) is 0 Å². The van der Waals surface area contributed by atoms with Crippen molar-refractivity contribution in [3.8, 4) is 0 Å². The van der Waals surface area contributed by atoms with Crippen LogP contribution in [0, 0.1) is 46.8 Å². The van der Waals surface area contributed by atoms with Crippen molar-refractivity contribution in [1.29, 1.82) is 0 Å². The Bertz CT molecular complexity index is 1000. The molecule has 0 aromatic carbocycles. The lowest BCUT2D eigenvalue weighted by Gasteiger charge is -2.53. The molecule has 1 saturated heterocycles. The van der Waals surface area contributed by atoms with Crippen LogP contribution in [0.2, 0.25) is 0 Å². The molecule has 6 fully saturated rings. The number of fused-ring (bicyclic) bond motifs is 3. The van der Waals surface area contributed by atoms with E-state index >= 15 is 0 Å². The van der Waals surface area contributed by atoms with E-state index in [1.807, 2.05) is 0 Å². The third-order valence-corrected chi connectivity index (χ3v) is 10.7. The average molecular weight is 497 g/mol. The van der Waals surface area contributed by atoms with Gasteiger partial charge in [-0.15, -0.1) is 0 Å². The van der Waals surface area contributed by atoms with Gasteiger partial charge in [0.25, 0.3) is 10.1 Å². The maximum absolute atomic E-state index is 13.6. The summed E-state index contributed by atoms with van der Waals surface area (Å²) in [6.45, 7) is -0.171. The second kappa shape index (κ2) is 7.91. The van der Waals surface area contributed by atoms with Gasteiger partial charge >= 0.3 is 17.9 Å². The molecule has 1 heterocycles. The molecule has 0 amide bonds. The van der Waals surface area contributed by atoms with Crippen molar-refractivity contribution in [2.24, 2.45) is 46.8 Å². The topological polar surface area (TPSA) is 133 Å². The van der Waals surface area contributed by atoms with Gasteiger partial charge in [-0.25, -0.2) is 0 Å².